The molecule has 0 aromatic heterocycles. The van der Waals surface area contributed by atoms with Gasteiger partial charge in [-0.15, -0.1) is 0 Å². The zero-order chi connectivity index (χ0) is 39.6. The fourth-order valence-corrected chi connectivity index (χ4v) is 6.12. The van der Waals surface area contributed by atoms with E-state index in [1.165, 1.54) is 70.6 Å². The summed E-state index contributed by atoms with van der Waals surface area (Å²) in [6.45, 7) is 3.62. The molecule has 0 radical (unpaired) electrons. The Kier molecular flexibility index (Phi) is 38.7. The molecule has 54 heavy (non-hydrogen) atoms. The third-order valence-electron chi connectivity index (χ3n) is 9.01. The molecule has 0 amide bonds. The Labute approximate surface area is 330 Å². The number of allylic oxidation sites excluding steroid dienone is 10. The monoisotopic (exact) mass is 779 g/mol. The lowest BCUT2D eigenvalue weighted by atomic mass is 10.1. The molecule has 0 bridgehead atoms. The molecule has 1 unspecified atom stereocenters. The lowest BCUT2D eigenvalue weighted by Crippen LogP contribution is -2.29. The Bertz CT molecular complexity index is 1060. The quantitative estimate of drug-likeness (QED) is 0.0274. The lowest BCUT2D eigenvalue weighted by molar-refractivity contribution is -0.161. The van der Waals surface area contributed by atoms with Crippen LogP contribution in [0.5, 0.6) is 0 Å². The zero-order valence-electron chi connectivity index (χ0n) is 34.4. The summed E-state index contributed by atoms with van der Waals surface area (Å²) in [4.78, 5) is 42.9. The van der Waals surface area contributed by atoms with Crippen LogP contribution in [0.2, 0.25) is 0 Å². The molecule has 9 heteroatoms. The highest BCUT2D eigenvalue weighted by Crippen LogP contribution is 2.36. The second-order valence-electron chi connectivity index (χ2n) is 14.3. The predicted octanol–water partition coefficient (Wildman–Crippen LogP) is 13.3. The van der Waals surface area contributed by atoms with Crippen LogP contribution < -0.4 is 0 Å². The maximum Gasteiger partial charge on any atom is 0.469 e. The highest BCUT2D eigenvalue weighted by Gasteiger charge is 2.22. The van der Waals surface area contributed by atoms with Gasteiger partial charge in [0.05, 0.1) is 6.61 Å². The number of carbonyl (C=O) groups is 2. The molecule has 2 N–H and O–H groups in total. The maximum absolute atomic E-state index is 12.4. The van der Waals surface area contributed by atoms with Gasteiger partial charge in [0.1, 0.15) is 6.61 Å². The van der Waals surface area contributed by atoms with Crippen LogP contribution in [-0.2, 0) is 28.2 Å². The van der Waals surface area contributed by atoms with E-state index in [1.54, 1.807) is 0 Å². The first-order valence-corrected chi connectivity index (χ1v) is 23.1. The van der Waals surface area contributed by atoms with Crippen LogP contribution in [0.4, 0.5) is 0 Å². The molecule has 0 spiro atoms. The van der Waals surface area contributed by atoms with Crippen molar-refractivity contribution in [2.75, 3.05) is 13.2 Å². The molecular weight excluding hydrogens is 699 g/mol. The molecule has 0 rings (SSSR count). The Morgan fingerprint density at radius 3 is 1.24 bits per heavy atom. The maximum atomic E-state index is 12.4. The number of phosphoric ester groups is 1. The summed E-state index contributed by atoms with van der Waals surface area (Å²) in [5.74, 6) is -0.910. The van der Waals surface area contributed by atoms with Crippen molar-refractivity contribution in [3.05, 3.63) is 60.8 Å². The minimum atomic E-state index is -4.76. The molecule has 0 aliphatic rings. The van der Waals surface area contributed by atoms with Gasteiger partial charge in [-0.2, -0.15) is 0 Å². The van der Waals surface area contributed by atoms with Gasteiger partial charge in [-0.3, -0.25) is 14.1 Å². The molecule has 0 aromatic rings. The molecule has 312 valence electrons. The van der Waals surface area contributed by atoms with Crippen LogP contribution in [0.3, 0.4) is 0 Å². The fourth-order valence-electron chi connectivity index (χ4n) is 5.76. The van der Waals surface area contributed by atoms with E-state index >= 15 is 0 Å². The zero-order valence-corrected chi connectivity index (χ0v) is 35.2. The number of esters is 2. The van der Waals surface area contributed by atoms with Crippen molar-refractivity contribution < 1.29 is 37.9 Å². The van der Waals surface area contributed by atoms with E-state index < -0.39 is 32.5 Å². The van der Waals surface area contributed by atoms with Gasteiger partial charge in [0, 0.05) is 12.8 Å². The topological polar surface area (TPSA) is 119 Å². The first-order chi connectivity index (χ1) is 26.3. The minimum Gasteiger partial charge on any atom is -0.462 e. The van der Waals surface area contributed by atoms with E-state index in [0.717, 1.165) is 83.5 Å². The average molecular weight is 779 g/mol. The van der Waals surface area contributed by atoms with Gasteiger partial charge >= 0.3 is 19.8 Å². The molecule has 0 heterocycles. The van der Waals surface area contributed by atoms with Crippen LogP contribution >= 0.6 is 7.82 Å². The second kappa shape index (κ2) is 40.4. The summed E-state index contributed by atoms with van der Waals surface area (Å²) in [5.41, 5.74) is 0. The van der Waals surface area contributed by atoms with Crippen molar-refractivity contribution in [3.63, 3.8) is 0 Å². The summed E-state index contributed by atoms with van der Waals surface area (Å²) >= 11 is 0. The molecular formula is C45H79O8P. The smallest absolute Gasteiger partial charge is 0.462 e. The summed E-state index contributed by atoms with van der Waals surface area (Å²) in [5, 5.41) is 0. The summed E-state index contributed by atoms with van der Waals surface area (Å²) < 4.78 is 26.4. The van der Waals surface area contributed by atoms with Crippen molar-refractivity contribution in [2.45, 2.75) is 200 Å². The number of rotatable bonds is 39. The van der Waals surface area contributed by atoms with Crippen LogP contribution in [-0.4, -0.2) is 41.0 Å². The van der Waals surface area contributed by atoms with E-state index in [4.69, 9.17) is 19.3 Å². The first-order valence-electron chi connectivity index (χ1n) is 21.6. The molecule has 8 nitrogen and oxygen atoms in total. The molecule has 0 aliphatic carbocycles. The van der Waals surface area contributed by atoms with Gasteiger partial charge in [-0.25, -0.2) is 4.57 Å². The number of carbonyl (C=O) groups excluding carboxylic acids is 2. The number of hydrogen-bond donors (Lipinski definition) is 2. The van der Waals surface area contributed by atoms with Gasteiger partial charge in [0.25, 0.3) is 0 Å². The molecule has 0 fully saturated rings. The summed E-state index contributed by atoms with van der Waals surface area (Å²) in [6.07, 6.45) is 50.7. The van der Waals surface area contributed by atoms with Crippen LogP contribution in [0.1, 0.15) is 194 Å². The van der Waals surface area contributed by atoms with Gasteiger partial charge < -0.3 is 19.3 Å². The van der Waals surface area contributed by atoms with Crippen molar-refractivity contribution >= 4 is 19.8 Å². The van der Waals surface area contributed by atoms with Gasteiger partial charge in [0.15, 0.2) is 6.10 Å². The number of phosphoric acid groups is 1. The van der Waals surface area contributed by atoms with Crippen molar-refractivity contribution in [3.8, 4) is 0 Å². The van der Waals surface area contributed by atoms with E-state index in [1.807, 2.05) is 0 Å². The van der Waals surface area contributed by atoms with Crippen molar-refractivity contribution in [2.24, 2.45) is 0 Å². The van der Waals surface area contributed by atoms with Crippen LogP contribution in [0.25, 0.3) is 0 Å². The van der Waals surface area contributed by atoms with E-state index in [-0.39, 0.29) is 19.4 Å². The third-order valence-corrected chi connectivity index (χ3v) is 9.49. The minimum absolute atomic E-state index is 0.193. The van der Waals surface area contributed by atoms with Crippen LogP contribution in [0.15, 0.2) is 60.8 Å². The molecule has 1 atom stereocenters. The Morgan fingerprint density at radius 1 is 0.481 bits per heavy atom. The molecule has 0 aliphatic heterocycles. The highest BCUT2D eigenvalue weighted by atomic mass is 31.2. The standard InChI is InChI=1S/C45H79O8P/c1-3-5-7-9-11-13-15-17-19-21-22-24-26-28-30-32-34-36-38-40-45(47)53-43(42-52-54(48,49)50)41-51-44(46)39-37-35-33-31-29-27-25-23-20-18-16-14-12-10-8-6-4-2/h11-14,17-20,22,24,43H,3-10,15-16,21,23,25-42H2,1-2H3,(H2,48,49,50)/b13-11-,14-12-,19-17-,20-18-,24-22-. The SMILES string of the molecule is CCCCC/C=C\C/C=C\C/C=C\CCCCCCCCC(=O)OC(COC(=O)CCCCCCCCC/C=C\C/C=C\CCCCC)COP(=O)(O)O. The van der Waals surface area contributed by atoms with Crippen molar-refractivity contribution in [1.82, 2.24) is 0 Å². The number of hydrogen-bond acceptors (Lipinski definition) is 6. The first kappa shape index (κ1) is 51.8. The van der Waals surface area contributed by atoms with E-state index in [9.17, 15) is 14.2 Å². The molecule has 0 saturated carbocycles. The Hall–Kier alpha value is -2.25. The van der Waals surface area contributed by atoms with Gasteiger partial charge in [-0.1, -0.05) is 158 Å². The molecule has 0 saturated heterocycles. The summed E-state index contributed by atoms with van der Waals surface area (Å²) in [7, 11) is -4.76. The average Bonchev–Trinajstić information content (AvgIpc) is 3.14. The van der Waals surface area contributed by atoms with Gasteiger partial charge in [0.2, 0.25) is 0 Å². The number of unbranched alkanes of at least 4 members (excludes halogenated alkanes) is 19. The van der Waals surface area contributed by atoms with E-state index in [0.29, 0.717) is 12.8 Å². The molecule has 0 aromatic carbocycles. The fraction of sp³-hybridized carbons (Fsp3) is 0.733. The number of ether oxygens (including phenoxy) is 2. The third kappa shape index (κ3) is 42.5. The Morgan fingerprint density at radius 2 is 0.833 bits per heavy atom. The highest BCUT2D eigenvalue weighted by molar-refractivity contribution is 7.46. The summed E-state index contributed by atoms with van der Waals surface area (Å²) in [6, 6.07) is 0. The van der Waals surface area contributed by atoms with Crippen LogP contribution in [0, 0.1) is 0 Å². The van der Waals surface area contributed by atoms with Crippen molar-refractivity contribution in [1.29, 1.82) is 0 Å². The van der Waals surface area contributed by atoms with Gasteiger partial charge in [-0.05, 0) is 83.5 Å². The second-order valence-corrected chi connectivity index (χ2v) is 15.5. The predicted molar refractivity (Wildman–Crippen MR) is 225 cm³/mol. The lowest BCUT2D eigenvalue weighted by Gasteiger charge is -2.18. The largest absolute Gasteiger partial charge is 0.469 e. The Balaban J connectivity index is 3.96. The van der Waals surface area contributed by atoms with E-state index in [2.05, 4.69) is 79.1 Å². The normalized spacial score (nSPS) is 13.0.